The van der Waals surface area contributed by atoms with Gasteiger partial charge >= 0.3 is 0 Å². The number of nitrogens with one attached hydrogen (secondary N) is 1. The molecule has 0 aromatic heterocycles. The molecule has 6 heteroatoms. The Hall–Kier alpha value is -1.11. The van der Waals surface area contributed by atoms with Gasteiger partial charge in [-0.2, -0.15) is 0 Å². The number of fused-ring (bicyclic) bond motifs is 2. The minimum absolute atomic E-state index is 0.0171. The first-order chi connectivity index (χ1) is 15.0. The van der Waals surface area contributed by atoms with E-state index < -0.39 is 10.0 Å². The van der Waals surface area contributed by atoms with Crippen LogP contribution in [0.2, 0.25) is 0 Å². The lowest BCUT2D eigenvalue weighted by Gasteiger charge is -2.51. The zero-order valence-electron chi connectivity index (χ0n) is 19.2. The predicted molar refractivity (Wildman–Crippen MR) is 127 cm³/mol. The van der Waals surface area contributed by atoms with Crippen molar-refractivity contribution in [2.45, 2.75) is 82.1 Å². The molecule has 2 aliphatic carbocycles. The number of anilines is 1. The third kappa shape index (κ3) is 5.82. The van der Waals surface area contributed by atoms with Gasteiger partial charge in [0, 0.05) is 18.8 Å². The van der Waals surface area contributed by atoms with Crippen LogP contribution in [0.4, 0.5) is 5.69 Å². The number of nitrogens with zero attached hydrogens (tertiary/aromatic N) is 1. The molecule has 0 amide bonds. The van der Waals surface area contributed by atoms with Gasteiger partial charge in [0.25, 0.3) is 0 Å². The van der Waals surface area contributed by atoms with E-state index in [0.29, 0.717) is 11.7 Å². The fourth-order valence-corrected chi connectivity index (χ4v) is 7.30. The Labute approximate surface area is 189 Å². The van der Waals surface area contributed by atoms with Crippen molar-refractivity contribution in [2.24, 2.45) is 5.92 Å². The minimum atomic E-state index is -3.38. The van der Waals surface area contributed by atoms with E-state index in [2.05, 4.69) is 21.8 Å². The first kappa shape index (κ1) is 23.1. The molecule has 3 aliphatic rings. The Kier molecular flexibility index (Phi) is 7.60. The van der Waals surface area contributed by atoms with Crippen LogP contribution < -0.4 is 4.72 Å². The Morgan fingerprint density at radius 2 is 2.00 bits per heavy atom. The fourth-order valence-electron chi connectivity index (χ4n) is 6.33. The molecule has 0 spiro atoms. The number of benzene rings is 1. The number of piperidine rings is 1. The van der Waals surface area contributed by atoms with Crippen molar-refractivity contribution in [1.82, 2.24) is 4.90 Å². The SMILES string of the molecule is COCCS(=O)(=O)Nc1cccc(C23CCCC(C2)N(CCCC2CCCC2)CC3)c1. The fraction of sp³-hybridized carbons (Fsp3) is 0.760. The van der Waals surface area contributed by atoms with E-state index in [9.17, 15) is 8.42 Å². The zero-order valence-corrected chi connectivity index (χ0v) is 20.0. The molecule has 2 bridgehead atoms. The molecule has 1 N–H and O–H groups in total. The van der Waals surface area contributed by atoms with Crippen LogP contribution in [0.25, 0.3) is 0 Å². The first-order valence-electron chi connectivity index (χ1n) is 12.3. The summed E-state index contributed by atoms with van der Waals surface area (Å²) in [5.41, 5.74) is 2.21. The van der Waals surface area contributed by atoms with Crippen LogP contribution >= 0.6 is 0 Å². The summed E-state index contributed by atoms with van der Waals surface area (Å²) in [5, 5.41) is 0. The van der Waals surface area contributed by atoms with Crippen LogP contribution in [0, 0.1) is 5.92 Å². The largest absolute Gasteiger partial charge is 0.384 e. The average Bonchev–Trinajstić information content (AvgIpc) is 3.28. The van der Waals surface area contributed by atoms with Gasteiger partial charge in [-0.15, -0.1) is 0 Å². The van der Waals surface area contributed by atoms with Crippen molar-refractivity contribution >= 4 is 15.7 Å². The second-order valence-corrected chi connectivity index (χ2v) is 11.9. The van der Waals surface area contributed by atoms with Gasteiger partial charge in [0.1, 0.15) is 0 Å². The summed E-state index contributed by atoms with van der Waals surface area (Å²) in [5.74, 6) is 0.974. The van der Waals surface area contributed by atoms with E-state index >= 15 is 0 Å². The summed E-state index contributed by atoms with van der Waals surface area (Å²) < 4.78 is 32.3. The van der Waals surface area contributed by atoms with Crippen LogP contribution in [-0.2, 0) is 20.2 Å². The van der Waals surface area contributed by atoms with Crippen LogP contribution in [0.5, 0.6) is 0 Å². The standard InChI is InChI=1S/C25H40N2O3S/c1-30-17-18-31(28,29)26-23-11-4-10-22(19-23)25-13-5-12-24(20-25)27(16-14-25)15-6-9-21-7-2-3-8-21/h4,10-11,19,21,24,26H,2-3,5-9,12-18,20H2,1H3. The van der Waals surface area contributed by atoms with Gasteiger partial charge in [-0.25, -0.2) is 8.42 Å². The lowest BCUT2D eigenvalue weighted by molar-refractivity contribution is 0.0496. The summed E-state index contributed by atoms with van der Waals surface area (Å²) in [6.07, 6.45) is 14.8. The maximum atomic E-state index is 12.3. The minimum Gasteiger partial charge on any atom is -0.384 e. The lowest BCUT2D eigenvalue weighted by Crippen LogP contribution is -2.51. The molecule has 0 radical (unpaired) electrons. The maximum Gasteiger partial charge on any atom is 0.234 e. The summed E-state index contributed by atoms with van der Waals surface area (Å²) >= 11 is 0. The maximum absolute atomic E-state index is 12.3. The third-order valence-corrected chi connectivity index (χ3v) is 9.30. The molecule has 1 heterocycles. The topological polar surface area (TPSA) is 58.6 Å². The summed E-state index contributed by atoms with van der Waals surface area (Å²) in [6, 6.07) is 8.86. The van der Waals surface area contributed by atoms with Gasteiger partial charge in [-0.3, -0.25) is 4.72 Å². The quantitative estimate of drug-likeness (QED) is 0.551. The lowest BCUT2D eigenvalue weighted by atomic mass is 9.63. The van der Waals surface area contributed by atoms with Crippen molar-refractivity contribution in [3.8, 4) is 0 Å². The molecule has 31 heavy (non-hydrogen) atoms. The van der Waals surface area contributed by atoms with E-state index in [0.717, 1.165) is 5.92 Å². The molecule has 174 valence electrons. The van der Waals surface area contributed by atoms with Crippen molar-refractivity contribution in [1.29, 1.82) is 0 Å². The van der Waals surface area contributed by atoms with Crippen LogP contribution in [0.3, 0.4) is 0 Å². The number of hydrogen-bond donors (Lipinski definition) is 1. The molecular weight excluding hydrogens is 408 g/mol. The van der Waals surface area contributed by atoms with Gasteiger partial charge in [0.05, 0.1) is 12.4 Å². The van der Waals surface area contributed by atoms with Crippen molar-refractivity contribution < 1.29 is 13.2 Å². The highest BCUT2D eigenvalue weighted by Crippen LogP contribution is 2.47. The molecule has 1 aliphatic heterocycles. The van der Waals surface area contributed by atoms with E-state index in [4.69, 9.17) is 4.74 Å². The van der Waals surface area contributed by atoms with Crippen LogP contribution in [0.15, 0.2) is 24.3 Å². The molecule has 3 fully saturated rings. The number of likely N-dealkylation sites (tertiary alicyclic amines) is 1. The number of rotatable bonds is 10. The Morgan fingerprint density at radius 3 is 2.81 bits per heavy atom. The highest BCUT2D eigenvalue weighted by atomic mass is 32.2. The summed E-state index contributed by atoms with van der Waals surface area (Å²) in [6.45, 7) is 2.65. The average molecular weight is 449 g/mol. The third-order valence-electron chi connectivity index (χ3n) is 8.05. The van der Waals surface area contributed by atoms with Crippen LogP contribution in [0.1, 0.15) is 76.2 Å². The highest BCUT2D eigenvalue weighted by molar-refractivity contribution is 7.92. The van der Waals surface area contributed by atoms with E-state index in [1.54, 1.807) is 0 Å². The van der Waals surface area contributed by atoms with Crippen LogP contribution in [-0.4, -0.2) is 51.9 Å². The summed E-state index contributed by atoms with van der Waals surface area (Å²) in [7, 11) is -1.85. The molecule has 2 atom stereocenters. The predicted octanol–water partition coefficient (Wildman–Crippen LogP) is 4.93. The second-order valence-electron chi connectivity index (χ2n) is 10.1. The number of methoxy groups -OCH3 is 1. The molecular formula is C25H40N2O3S. The molecule has 4 rings (SSSR count). The van der Waals surface area contributed by atoms with Gasteiger partial charge in [-0.1, -0.05) is 44.2 Å². The molecule has 2 unspecified atom stereocenters. The van der Waals surface area contributed by atoms with Gasteiger partial charge in [0.2, 0.25) is 10.0 Å². The van der Waals surface area contributed by atoms with Crippen molar-refractivity contribution in [2.75, 3.05) is 37.3 Å². The van der Waals surface area contributed by atoms with E-state index in [-0.39, 0.29) is 17.8 Å². The monoisotopic (exact) mass is 448 g/mol. The molecule has 1 aromatic rings. The van der Waals surface area contributed by atoms with Gasteiger partial charge < -0.3 is 9.64 Å². The first-order valence-corrected chi connectivity index (χ1v) is 14.0. The Balaban J connectivity index is 1.38. The molecule has 5 nitrogen and oxygen atoms in total. The molecule has 2 saturated carbocycles. The number of sulfonamides is 1. The molecule has 1 aromatic carbocycles. The Morgan fingerprint density at radius 1 is 1.16 bits per heavy atom. The number of hydrogen-bond acceptors (Lipinski definition) is 4. The van der Waals surface area contributed by atoms with E-state index in [1.807, 2.05) is 12.1 Å². The van der Waals surface area contributed by atoms with Crippen molar-refractivity contribution in [3.63, 3.8) is 0 Å². The van der Waals surface area contributed by atoms with Gasteiger partial charge in [-0.05, 0) is 80.6 Å². The normalized spacial score (nSPS) is 27.5. The Bertz CT molecular complexity index is 822. The summed E-state index contributed by atoms with van der Waals surface area (Å²) in [4.78, 5) is 2.77. The second kappa shape index (κ2) is 10.2. The molecule has 1 saturated heterocycles. The van der Waals surface area contributed by atoms with Crippen molar-refractivity contribution in [3.05, 3.63) is 29.8 Å². The smallest absolute Gasteiger partial charge is 0.234 e. The highest BCUT2D eigenvalue weighted by Gasteiger charge is 2.43. The van der Waals surface area contributed by atoms with Gasteiger partial charge in [0.15, 0.2) is 0 Å². The van der Waals surface area contributed by atoms with E-state index in [1.165, 1.54) is 96.4 Å². The number of ether oxygens (including phenoxy) is 1. The zero-order chi connectivity index (χ0) is 21.7.